The van der Waals surface area contributed by atoms with Gasteiger partial charge in [-0.2, -0.15) is 0 Å². The van der Waals surface area contributed by atoms with Crippen LogP contribution in [0.4, 0.5) is 0 Å². The first-order valence-electron chi connectivity index (χ1n) is 7.81. The van der Waals surface area contributed by atoms with Crippen LogP contribution in [0.25, 0.3) is 0 Å². The van der Waals surface area contributed by atoms with Gasteiger partial charge < -0.3 is 4.74 Å². The van der Waals surface area contributed by atoms with E-state index in [1.807, 2.05) is 18.2 Å². The molecule has 0 saturated heterocycles. The molecule has 0 aromatic heterocycles. The van der Waals surface area contributed by atoms with Crippen LogP contribution in [0.15, 0.2) is 42.5 Å². The SMILES string of the molecule is C=C1CCCC(C)(C)[C@@H]1C(C#CC)OC(=O)c1ccccc1. The molecule has 2 rings (SSSR count). The van der Waals surface area contributed by atoms with Crippen LogP contribution in [0, 0.1) is 23.2 Å². The van der Waals surface area contributed by atoms with Gasteiger partial charge in [0.05, 0.1) is 5.56 Å². The van der Waals surface area contributed by atoms with Crippen LogP contribution in [0.5, 0.6) is 0 Å². The first-order valence-corrected chi connectivity index (χ1v) is 7.81. The van der Waals surface area contributed by atoms with Gasteiger partial charge in [0.1, 0.15) is 0 Å². The zero-order valence-electron chi connectivity index (χ0n) is 13.7. The maximum absolute atomic E-state index is 12.4. The van der Waals surface area contributed by atoms with Crippen LogP contribution in [0.3, 0.4) is 0 Å². The Labute approximate surface area is 133 Å². The van der Waals surface area contributed by atoms with Gasteiger partial charge in [0.2, 0.25) is 0 Å². The molecule has 0 spiro atoms. The molecule has 2 heteroatoms. The minimum atomic E-state index is -0.430. The monoisotopic (exact) mass is 296 g/mol. The number of ether oxygens (including phenoxy) is 1. The average molecular weight is 296 g/mol. The molecule has 0 heterocycles. The Morgan fingerprint density at radius 1 is 1.36 bits per heavy atom. The van der Waals surface area contributed by atoms with Crippen molar-refractivity contribution in [1.82, 2.24) is 0 Å². The predicted octanol–water partition coefficient (Wildman–Crippen LogP) is 4.62. The molecule has 0 aliphatic heterocycles. The second-order valence-corrected chi connectivity index (χ2v) is 6.56. The molecule has 2 atom stereocenters. The van der Waals surface area contributed by atoms with Gasteiger partial charge in [-0.1, -0.05) is 50.1 Å². The van der Waals surface area contributed by atoms with Crippen molar-refractivity contribution < 1.29 is 9.53 Å². The largest absolute Gasteiger partial charge is 0.445 e. The van der Waals surface area contributed by atoms with E-state index in [9.17, 15) is 4.79 Å². The third-order valence-corrected chi connectivity index (χ3v) is 4.43. The molecule has 1 unspecified atom stereocenters. The molecular weight excluding hydrogens is 272 g/mol. The number of hydrogen-bond acceptors (Lipinski definition) is 2. The maximum atomic E-state index is 12.4. The topological polar surface area (TPSA) is 26.3 Å². The van der Waals surface area contributed by atoms with E-state index in [0.29, 0.717) is 5.56 Å². The van der Waals surface area contributed by atoms with Gasteiger partial charge in [-0.15, -0.1) is 5.92 Å². The number of esters is 1. The van der Waals surface area contributed by atoms with Crippen molar-refractivity contribution in [2.45, 2.75) is 46.1 Å². The Balaban J connectivity index is 2.24. The summed E-state index contributed by atoms with van der Waals surface area (Å²) in [6.07, 6.45) is 2.79. The molecular formula is C20H24O2. The first kappa shape index (κ1) is 16.4. The van der Waals surface area contributed by atoms with Crippen molar-refractivity contribution in [3.63, 3.8) is 0 Å². The first-order chi connectivity index (χ1) is 10.5. The molecule has 1 aliphatic rings. The van der Waals surface area contributed by atoms with E-state index in [4.69, 9.17) is 4.74 Å². The summed E-state index contributed by atoms with van der Waals surface area (Å²) in [7, 11) is 0. The normalized spacial score (nSPS) is 21.4. The van der Waals surface area contributed by atoms with Crippen LogP contribution < -0.4 is 0 Å². The summed E-state index contributed by atoms with van der Waals surface area (Å²) in [5, 5.41) is 0. The van der Waals surface area contributed by atoms with E-state index in [1.54, 1.807) is 19.1 Å². The Morgan fingerprint density at radius 3 is 2.64 bits per heavy atom. The molecule has 116 valence electrons. The standard InChI is InChI=1S/C20H24O2/c1-5-10-17(18-15(2)11-9-14-20(18,3)4)22-19(21)16-12-7-6-8-13-16/h6-8,12-13,17-18H,2,9,11,14H2,1,3-4H3/t17?,18-/m0/s1. The quantitative estimate of drug-likeness (QED) is 0.462. The number of hydrogen-bond donors (Lipinski definition) is 0. The fourth-order valence-corrected chi connectivity index (χ4v) is 3.34. The molecule has 0 bridgehead atoms. The molecule has 1 aliphatic carbocycles. The predicted molar refractivity (Wildman–Crippen MR) is 89.4 cm³/mol. The molecule has 22 heavy (non-hydrogen) atoms. The lowest BCUT2D eigenvalue weighted by Gasteiger charge is -2.42. The fourth-order valence-electron chi connectivity index (χ4n) is 3.34. The van der Waals surface area contributed by atoms with Crippen LogP contribution in [0.2, 0.25) is 0 Å². The van der Waals surface area contributed by atoms with Crippen molar-refractivity contribution in [2.75, 3.05) is 0 Å². The van der Waals surface area contributed by atoms with Gasteiger partial charge in [0.15, 0.2) is 6.10 Å². The zero-order valence-corrected chi connectivity index (χ0v) is 13.7. The van der Waals surface area contributed by atoms with Gasteiger partial charge in [0.25, 0.3) is 0 Å². The summed E-state index contributed by atoms with van der Waals surface area (Å²) in [5.41, 5.74) is 1.75. The Hall–Kier alpha value is -2.01. The summed E-state index contributed by atoms with van der Waals surface area (Å²) in [5.74, 6) is 5.76. The molecule has 1 aromatic rings. The summed E-state index contributed by atoms with van der Waals surface area (Å²) in [6, 6.07) is 9.08. The number of rotatable bonds is 3. The minimum Gasteiger partial charge on any atom is -0.445 e. The fraction of sp³-hybridized carbons (Fsp3) is 0.450. The maximum Gasteiger partial charge on any atom is 0.339 e. The summed E-state index contributed by atoms with van der Waals surface area (Å²) in [4.78, 5) is 12.4. The second kappa shape index (κ2) is 6.83. The molecule has 0 amide bonds. The van der Waals surface area contributed by atoms with Crippen LogP contribution in [-0.2, 0) is 4.74 Å². The van der Waals surface area contributed by atoms with E-state index in [-0.39, 0.29) is 17.3 Å². The third-order valence-electron chi connectivity index (χ3n) is 4.43. The highest BCUT2D eigenvalue weighted by atomic mass is 16.5. The molecule has 1 fully saturated rings. The van der Waals surface area contributed by atoms with Crippen LogP contribution in [-0.4, -0.2) is 12.1 Å². The molecule has 1 saturated carbocycles. The average Bonchev–Trinajstić information content (AvgIpc) is 2.47. The van der Waals surface area contributed by atoms with Crippen molar-refractivity contribution in [3.8, 4) is 11.8 Å². The number of carbonyl (C=O) groups excluding carboxylic acids is 1. The molecule has 2 nitrogen and oxygen atoms in total. The smallest absolute Gasteiger partial charge is 0.339 e. The van der Waals surface area contributed by atoms with Crippen molar-refractivity contribution in [2.24, 2.45) is 11.3 Å². The van der Waals surface area contributed by atoms with E-state index < -0.39 is 6.10 Å². The Kier molecular flexibility index (Phi) is 5.08. The molecule has 0 N–H and O–H groups in total. The van der Waals surface area contributed by atoms with Gasteiger partial charge >= 0.3 is 5.97 Å². The minimum absolute atomic E-state index is 0.0425. The molecule has 1 aromatic carbocycles. The van der Waals surface area contributed by atoms with Crippen LogP contribution in [0.1, 0.15) is 50.4 Å². The van der Waals surface area contributed by atoms with Crippen molar-refractivity contribution in [1.29, 1.82) is 0 Å². The van der Waals surface area contributed by atoms with E-state index in [0.717, 1.165) is 24.8 Å². The van der Waals surface area contributed by atoms with E-state index >= 15 is 0 Å². The lowest BCUT2D eigenvalue weighted by atomic mass is 9.64. The van der Waals surface area contributed by atoms with Crippen molar-refractivity contribution in [3.05, 3.63) is 48.0 Å². The Morgan fingerprint density at radius 2 is 2.05 bits per heavy atom. The van der Waals surface area contributed by atoms with E-state index in [1.165, 1.54) is 0 Å². The Bertz CT molecular complexity index is 602. The highest BCUT2D eigenvalue weighted by molar-refractivity contribution is 5.89. The molecule has 0 radical (unpaired) electrons. The van der Waals surface area contributed by atoms with Gasteiger partial charge in [-0.3, -0.25) is 0 Å². The lowest BCUT2D eigenvalue weighted by molar-refractivity contribution is 0.0120. The van der Waals surface area contributed by atoms with Crippen LogP contribution >= 0.6 is 0 Å². The lowest BCUT2D eigenvalue weighted by Crippen LogP contribution is -2.40. The highest BCUT2D eigenvalue weighted by Crippen LogP contribution is 2.45. The number of carbonyl (C=O) groups is 1. The second-order valence-electron chi connectivity index (χ2n) is 6.56. The summed E-state index contributed by atoms with van der Waals surface area (Å²) < 4.78 is 5.75. The number of benzene rings is 1. The summed E-state index contributed by atoms with van der Waals surface area (Å²) in [6.45, 7) is 10.4. The van der Waals surface area contributed by atoms with E-state index in [2.05, 4.69) is 32.3 Å². The van der Waals surface area contributed by atoms with Crippen molar-refractivity contribution >= 4 is 5.97 Å². The zero-order chi connectivity index (χ0) is 16.2. The summed E-state index contributed by atoms with van der Waals surface area (Å²) >= 11 is 0. The van der Waals surface area contributed by atoms with Gasteiger partial charge in [-0.05, 0) is 43.7 Å². The van der Waals surface area contributed by atoms with Gasteiger partial charge in [-0.25, -0.2) is 4.79 Å². The highest BCUT2D eigenvalue weighted by Gasteiger charge is 2.41. The van der Waals surface area contributed by atoms with Gasteiger partial charge in [0, 0.05) is 5.92 Å². The third kappa shape index (κ3) is 3.60.